The number of ether oxygens (including phenoxy) is 1. The van der Waals surface area contributed by atoms with Crippen molar-refractivity contribution in [2.24, 2.45) is 0 Å². The van der Waals surface area contributed by atoms with E-state index in [1.54, 1.807) is 31.2 Å². The average molecular weight is 376 g/mol. The lowest BCUT2D eigenvalue weighted by Gasteiger charge is -2.17. The topological polar surface area (TPSA) is 55.4 Å². The molecule has 0 aliphatic heterocycles. The Hall–Kier alpha value is -2.40. The van der Waals surface area contributed by atoms with Crippen LogP contribution in [0.25, 0.3) is 0 Å². The number of carbonyl (C=O) groups excluding carboxylic acids is 2. The van der Waals surface area contributed by atoms with Gasteiger partial charge in [-0.15, -0.1) is 0 Å². The molecule has 136 valence electrons. The van der Waals surface area contributed by atoms with Gasteiger partial charge in [0, 0.05) is 5.02 Å². The molecule has 1 fully saturated rings. The lowest BCUT2D eigenvalue weighted by molar-refractivity contribution is -0.151. The van der Waals surface area contributed by atoms with Crippen LogP contribution >= 0.6 is 11.6 Å². The molecule has 1 N–H and O–H groups in total. The zero-order chi connectivity index (χ0) is 18.7. The summed E-state index contributed by atoms with van der Waals surface area (Å²) in [5.74, 6) is -1.13. The zero-order valence-electron chi connectivity index (χ0n) is 14.3. The van der Waals surface area contributed by atoms with E-state index in [0.717, 1.165) is 11.1 Å². The molecule has 0 spiro atoms. The molecule has 0 aromatic heterocycles. The van der Waals surface area contributed by atoms with E-state index < -0.39 is 17.3 Å². The summed E-state index contributed by atoms with van der Waals surface area (Å²) in [5.41, 5.74) is 0.964. The van der Waals surface area contributed by atoms with Gasteiger partial charge < -0.3 is 10.1 Å². The van der Waals surface area contributed by atoms with E-state index >= 15 is 0 Å². The average Bonchev–Trinajstić information content (AvgIpc) is 3.42. The number of hydrogen-bond donors (Lipinski definition) is 1. The molecule has 1 amide bonds. The van der Waals surface area contributed by atoms with Gasteiger partial charge in [-0.3, -0.25) is 9.59 Å². The third-order valence-corrected chi connectivity index (χ3v) is 4.87. The van der Waals surface area contributed by atoms with E-state index in [1.807, 2.05) is 12.1 Å². The molecular weight excluding hydrogens is 357 g/mol. The largest absolute Gasteiger partial charge is 0.455 e. The first-order valence-corrected chi connectivity index (χ1v) is 8.77. The Labute approximate surface area is 156 Å². The monoisotopic (exact) mass is 375 g/mol. The van der Waals surface area contributed by atoms with Crippen molar-refractivity contribution in [2.75, 3.05) is 6.61 Å². The van der Waals surface area contributed by atoms with Gasteiger partial charge in [-0.25, -0.2) is 4.39 Å². The van der Waals surface area contributed by atoms with Crippen LogP contribution in [0.1, 0.15) is 36.9 Å². The fourth-order valence-corrected chi connectivity index (χ4v) is 3.02. The number of esters is 1. The molecule has 2 aromatic carbocycles. The lowest BCUT2D eigenvalue weighted by atomic mass is 9.96. The zero-order valence-corrected chi connectivity index (χ0v) is 15.1. The predicted octanol–water partition coefficient (Wildman–Crippen LogP) is 3.93. The second-order valence-electron chi connectivity index (χ2n) is 6.51. The highest BCUT2D eigenvalue weighted by atomic mass is 35.5. The highest BCUT2D eigenvalue weighted by Gasteiger charge is 2.52. The fraction of sp³-hybridized carbons (Fsp3) is 0.300. The van der Waals surface area contributed by atoms with Gasteiger partial charge in [0.15, 0.2) is 6.61 Å². The summed E-state index contributed by atoms with van der Waals surface area (Å²) in [5, 5.41) is 3.34. The maximum Gasteiger partial charge on any atom is 0.317 e. The number of nitrogens with one attached hydrogen (secondary N) is 1. The smallest absolute Gasteiger partial charge is 0.317 e. The number of rotatable bonds is 6. The fourth-order valence-electron chi connectivity index (χ4n) is 2.89. The molecule has 0 saturated heterocycles. The van der Waals surface area contributed by atoms with Crippen LogP contribution in [0.5, 0.6) is 0 Å². The molecule has 1 aliphatic carbocycles. The third kappa shape index (κ3) is 4.05. The number of halogens is 2. The summed E-state index contributed by atoms with van der Waals surface area (Å²) in [7, 11) is 0. The van der Waals surface area contributed by atoms with Crippen LogP contribution in [0.3, 0.4) is 0 Å². The van der Waals surface area contributed by atoms with E-state index in [-0.39, 0.29) is 18.5 Å². The quantitative estimate of drug-likeness (QED) is 0.778. The van der Waals surface area contributed by atoms with Crippen molar-refractivity contribution < 1.29 is 18.7 Å². The third-order valence-electron chi connectivity index (χ3n) is 4.62. The van der Waals surface area contributed by atoms with Gasteiger partial charge in [0.1, 0.15) is 5.82 Å². The molecular formula is C20H19ClFNO3. The summed E-state index contributed by atoms with van der Waals surface area (Å²) >= 11 is 5.88. The van der Waals surface area contributed by atoms with E-state index in [4.69, 9.17) is 16.3 Å². The van der Waals surface area contributed by atoms with Gasteiger partial charge in [0.25, 0.3) is 5.91 Å². The molecule has 1 unspecified atom stereocenters. The van der Waals surface area contributed by atoms with Gasteiger partial charge in [-0.2, -0.15) is 0 Å². The van der Waals surface area contributed by atoms with Crippen molar-refractivity contribution in [1.29, 1.82) is 0 Å². The van der Waals surface area contributed by atoms with Crippen molar-refractivity contribution in [3.05, 3.63) is 70.5 Å². The minimum Gasteiger partial charge on any atom is -0.455 e. The number of amides is 1. The van der Waals surface area contributed by atoms with Crippen molar-refractivity contribution in [2.45, 2.75) is 31.2 Å². The molecule has 0 heterocycles. The molecule has 6 heteroatoms. The van der Waals surface area contributed by atoms with E-state index in [0.29, 0.717) is 17.9 Å². The minimum atomic E-state index is -0.659. The highest BCUT2D eigenvalue weighted by molar-refractivity contribution is 6.30. The van der Waals surface area contributed by atoms with E-state index in [1.165, 1.54) is 12.1 Å². The molecule has 0 radical (unpaired) electrons. The maximum atomic E-state index is 12.9. The molecule has 2 aromatic rings. The number of carbonyl (C=O) groups is 2. The maximum absolute atomic E-state index is 12.9. The SMILES string of the molecule is CC(NC(=O)COC(=O)C1(c2ccc(Cl)cc2)CC1)c1ccc(F)cc1. The van der Waals surface area contributed by atoms with Gasteiger partial charge >= 0.3 is 5.97 Å². The van der Waals surface area contributed by atoms with Crippen molar-refractivity contribution in [3.63, 3.8) is 0 Å². The van der Waals surface area contributed by atoms with Crippen LogP contribution < -0.4 is 5.32 Å². The van der Waals surface area contributed by atoms with Crippen LogP contribution in [-0.2, 0) is 19.7 Å². The summed E-state index contributed by atoms with van der Waals surface area (Å²) in [6.45, 7) is 1.43. The predicted molar refractivity (Wildman–Crippen MR) is 96.3 cm³/mol. The van der Waals surface area contributed by atoms with Crippen LogP contribution in [0, 0.1) is 5.82 Å². The molecule has 1 saturated carbocycles. The first-order chi connectivity index (χ1) is 12.4. The van der Waals surface area contributed by atoms with Crippen LogP contribution in [0.2, 0.25) is 5.02 Å². The van der Waals surface area contributed by atoms with Gasteiger partial charge in [0.05, 0.1) is 11.5 Å². The Bertz CT molecular complexity index is 801. The first-order valence-electron chi connectivity index (χ1n) is 8.39. The minimum absolute atomic E-state index is 0.312. The number of benzene rings is 2. The van der Waals surface area contributed by atoms with Crippen LogP contribution in [0.4, 0.5) is 4.39 Å². The van der Waals surface area contributed by atoms with E-state index in [2.05, 4.69) is 5.32 Å². The Balaban J connectivity index is 1.53. The molecule has 0 bridgehead atoms. The molecule has 26 heavy (non-hydrogen) atoms. The Morgan fingerprint density at radius 2 is 1.77 bits per heavy atom. The first kappa shape index (κ1) is 18.4. The summed E-state index contributed by atoms with van der Waals surface area (Å²) in [6.07, 6.45) is 1.39. The lowest BCUT2D eigenvalue weighted by Crippen LogP contribution is -2.33. The molecule has 1 atom stereocenters. The molecule has 4 nitrogen and oxygen atoms in total. The molecule has 3 rings (SSSR count). The van der Waals surface area contributed by atoms with Gasteiger partial charge in [-0.1, -0.05) is 35.9 Å². The number of hydrogen-bond acceptors (Lipinski definition) is 3. The molecule has 1 aliphatic rings. The normalized spacial score (nSPS) is 15.8. The van der Waals surface area contributed by atoms with Crippen LogP contribution in [-0.4, -0.2) is 18.5 Å². The van der Waals surface area contributed by atoms with Crippen molar-refractivity contribution >= 4 is 23.5 Å². The van der Waals surface area contributed by atoms with E-state index in [9.17, 15) is 14.0 Å². The summed E-state index contributed by atoms with van der Waals surface area (Å²) < 4.78 is 18.2. The summed E-state index contributed by atoms with van der Waals surface area (Å²) in [6, 6.07) is 12.7. The standard InChI is InChI=1S/C20H19ClFNO3/c1-13(14-2-8-17(22)9-3-14)23-18(24)12-26-19(25)20(10-11-20)15-4-6-16(21)7-5-15/h2-9,13H,10-12H2,1H3,(H,23,24). The second-order valence-corrected chi connectivity index (χ2v) is 6.94. The van der Waals surface area contributed by atoms with Gasteiger partial charge in [-0.05, 0) is 55.2 Å². The van der Waals surface area contributed by atoms with Crippen molar-refractivity contribution in [3.8, 4) is 0 Å². The Morgan fingerprint density at radius 3 is 2.35 bits per heavy atom. The van der Waals surface area contributed by atoms with Gasteiger partial charge in [0.2, 0.25) is 0 Å². The second kappa shape index (κ2) is 7.46. The Kier molecular flexibility index (Phi) is 5.28. The van der Waals surface area contributed by atoms with Crippen LogP contribution in [0.15, 0.2) is 48.5 Å². The summed E-state index contributed by atoms with van der Waals surface area (Å²) in [4.78, 5) is 24.5. The highest BCUT2D eigenvalue weighted by Crippen LogP contribution is 2.49. The Morgan fingerprint density at radius 1 is 1.15 bits per heavy atom. The van der Waals surface area contributed by atoms with Crippen molar-refractivity contribution in [1.82, 2.24) is 5.32 Å².